The first-order chi connectivity index (χ1) is 16.4. The standard InChI is InChI=1S/C27H37NO5S/c1-4-5-6-7-24(29)20-8-10-21(11-9-20)28-22(12-15-26(28)30)17-32-18-23-13-14-25(34-23)27(31)33-16-19(2)3/h8-11,13-14,19,22,24,29H,4-7,12,15-18H2,1-3H3. The van der Waals surface area contributed by atoms with Crippen LogP contribution in [-0.2, 0) is 20.9 Å². The zero-order valence-electron chi connectivity index (χ0n) is 20.5. The fourth-order valence-electron chi connectivity index (χ4n) is 4.04. The average molecular weight is 488 g/mol. The van der Waals surface area contributed by atoms with Crippen molar-refractivity contribution in [1.29, 1.82) is 0 Å². The highest BCUT2D eigenvalue weighted by atomic mass is 32.1. The van der Waals surface area contributed by atoms with Crippen molar-refractivity contribution in [3.05, 3.63) is 51.7 Å². The van der Waals surface area contributed by atoms with Gasteiger partial charge in [-0.15, -0.1) is 11.3 Å². The summed E-state index contributed by atoms with van der Waals surface area (Å²) in [6, 6.07) is 11.3. The number of esters is 1. The second-order valence-electron chi connectivity index (χ2n) is 9.33. The third-order valence-corrected chi connectivity index (χ3v) is 6.97. The minimum Gasteiger partial charge on any atom is -0.461 e. The van der Waals surface area contributed by atoms with E-state index < -0.39 is 6.10 Å². The van der Waals surface area contributed by atoms with Gasteiger partial charge in [0.05, 0.1) is 32.0 Å². The number of aliphatic hydroxyl groups excluding tert-OH is 1. The highest BCUT2D eigenvalue weighted by Gasteiger charge is 2.32. The summed E-state index contributed by atoms with van der Waals surface area (Å²) in [7, 11) is 0. The number of ether oxygens (including phenoxy) is 2. The van der Waals surface area contributed by atoms with Crippen LogP contribution in [0.15, 0.2) is 36.4 Å². The number of unbranched alkanes of at least 4 members (excludes halogenated alkanes) is 2. The predicted molar refractivity (Wildman–Crippen MR) is 135 cm³/mol. The van der Waals surface area contributed by atoms with Crippen LogP contribution >= 0.6 is 11.3 Å². The number of nitrogens with zero attached hydrogens (tertiary/aromatic N) is 1. The molecule has 1 aromatic carbocycles. The van der Waals surface area contributed by atoms with Crippen LogP contribution in [0.1, 0.15) is 85.5 Å². The van der Waals surface area contributed by atoms with Crippen molar-refractivity contribution < 1.29 is 24.2 Å². The summed E-state index contributed by atoms with van der Waals surface area (Å²) in [5, 5.41) is 10.4. The molecule has 1 N–H and O–H groups in total. The lowest BCUT2D eigenvalue weighted by molar-refractivity contribution is -0.117. The molecule has 1 amide bonds. The van der Waals surface area contributed by atoms with Crippen LogP contribution in [0.5, 0.6) is 0 Å². The summed E-state index contributed by atoms with van der Waals surface area (Å²) in [6.45, 7) is 7.39. The molecule has 34 heavy (non-hydrogen) atoms. The first-order valence-electron chi connectivity index (χ1n) is 12.3. The van der Waals surface area contributed by atoms with Crippen molar-refractivity contribution in [3.63, 3.8) is 0 Å². The quantitative estimate of drug-likeness (QED) is 0.282. The third kappa shape index (κ3) is 7.39. The Morgan fingerprint density at radius 1 is 1.18 bits per heavy atom. The number of aliphatic hydroxyl groups is 1. The minimum absolute atomic E-state index is 0.0248. The first kappa shape index (κ1) is 26.4. The number of amides is 1. The molecule has 1 aliphatic heterocycles. The van der Waals surface area contributed by atoms with E-state index in [2.05, 4.69) is 6.92 Å². The monoisotopic (exact) mass is 487 g/mol. The summed E-state index contributed by atoms with van der Waals surface area (Å²) >= 11 is 1.38. The minimum atomic E-state index is -0.465. The van der Waals surface area contributed by atoms with Crippen molar-refractivity contribution in [1.82, 2.24) is 0 Å². The highest BCUT2D eigenvalue weighted by Crippen LogP contribution is 2.29. The van der Waals surface area contributed by atoms with E-state index in [9.17, 15) is 14.7 Å². The van der Waals surface area contributed by atoms with Crippen LogP contribution in [0.2, 0.25) is 0 Å². The molecule has 1 fully saturated rings. The van der Waals surface area contributed by atoms with Gasteiger partial charge in [0.1, 0.15) is 4.88 Å². The normalized spacial score (nSPS) is 16.9. The summed E-state index contributed by atoms with van der Waals surface area (Å²) in [4.78, 5) is 28.0. The molecule has 186 valence electrons. The molecule has 2 atom stereocenters. The molecule has 0 aliphatic carbocycles. The average Bonchev–Trinajstić information content (AvgIpc) is 3.44. The van der Waals surface area contributed by atoms with Crippen LogP contribution in [0.3, 0.4) is 0 Å². The van der Waals surface area contributed by atoms with Gasteiger partial charge in [-0.2, -0.15) is 0 Å². The third-order valence-electron chi connectivity index (χ3n) is 5.93. The van der Waals surface area contributed by atoms with Crippen molar-refractivity contribution >= 4 is 28.9 Å². The summed E-state index contributed by atoms with van der Waals surface area (Å²) in [5.74, 6) is 0.100. The Balaban J connectivity index is 1.52. The summed E-state index contributed by atoms with van der Waals surface area (Å²) < 4.78 is 11.2. The lowest BCUT2D eigenvalue weighted by Gasteiger charge is -2.25. The van der Waals surface area contributed by atoms with Crippen LogP contribution in [-0.4, -0.2) is 36.2 Å². The number of hydrogen-bond donors (Lipinski definition) is 1. The molecule has 0 bridgehead atoms. The van der Waals surface area contributed by atoms with Crippen molar-refractivity contribution in [2.24, 2.45) is 5.92 Å². The molecule has 0 radical (unpaired) electrons. The molecule has 1 saturated heterocycles. The van der Waals surface area contributed by atoms with E-state index in [1.54, 1.807) is 6.07 Å². The number of carbonyl (C=O) groups is 2. The molecule has 0 spiro atoms. The van der Waals surface area contributed by atoms with Gasteiger partial charge in [0.2, 0.25) is 5.91 Å². The predicted octanol–water partition coefficient (Wildman–Crippen LogP) is 5.89. The maximum absolute atomic E-state index is 12.6. The maximum Gasteiger partial charge on any atom is 0.348 e. The molecule has 1 aliphatic rings. The molecule has 2 unspecified atom stereocenters. The molecule has 3 rings (SSSR count). The van der Waals surface area contributed by atoms with Gasteiger partial charge in [0.25, 0.3) is 0 Å². The SMILES string of the molecule is CCCCCC(O)c1ccc(N2C(=O)CCC2COCc2ccc(C(=O)OCC(C)C)s2)cc1. The van der Waals surface area contributed by atoms with Gasteiger partial charge in [-0.1, -0.05) is 52.2 Å². The van der Waals surface area contributed by atoms with Crippen LogP contribution in [0.4, 0.5) is 5.69 Å². The number of anilines is 1. The van der Waals surface area contributed by atoms with E-state index >= 15 is 0 Å². The Morgan fingerprint density at radius 2 is 1.94 bits per heavy atom. The second kappa shape index (κ2) is 13.0. The van der Waals surface area contributed by atoms with E-state index in [4.69, 9.17) is 9.47 Å². The van der Waals surface area contributed by atoms with Gasteiger partial charge in [-0.25, -0.2) is 4.79 Å². The van der Waals surface area contributed by atoms with E-state index in [0.717, 1.165) is 48.2 Å². The number of benzene rings is 1. The van der Waals surface area contributed by atoms with Crippen molar-refractivity contribution in [2.75, 3.05) is 18.1 Å². The molecule has 2 heterocycles. The Labute approximate surface area is 206 Å². The number of rotatable bonds is 13. The molecule has 0 saturated carbocycles. The van der Waals surface area contributed by atoms with E-state index in [0.29, 0.717) is 37.0 Å². The highest BCUT2D eigenvalue weighted by molar-refractivity contribution is 7.13. The fraction of sp³-hybridized carbons (Fsp3) is 0.556. The van der Waals surface area contributed by atoms with Gasteiger partial charge in [-0.05, 0) is 48.6 Å². The van der Waals surface area contributed by atoms with Gasteiger partial charge in [0, 0.05) is 17.0 Å². The topological polar surface area (TPSA) is 76.1 Å². The van der Waals surface area contributed by atoms with Crippen LogP contribution < -0.4 is 4.90 Å². The molecule has 1 aromatic heterocycles. The number of hydrogen-bond acceptors (Lipinski definition) is 6. The van der Waals surface area contributed by atoms with Gasteiger partial charge in [0.15, 0.2) is 0 Å². The maximum atomic E-state index is 12.6. The molecule has 2 aromatic rings. The summed E-state index contributed by atoms with van der Waals surface area (Å²) in [5.41, 5.74) is 1.73. The van der Waals surface area contributed by atoms with Crippen molar-refractivity contribution in [2.45, 2.75) is 78.0 Å². The fourth-order valence-corrected chi connectivity index (χ4v) is 4.88. The van der Waals surface area contributed by atoms with Gasteiger partial charge < -0.3 is 19.5 Å². The largest absolute Gasteiger partial charge is 0.461 e. The lowest BCUT2D eigenvalue weighted by Crippen LogP contribution is -2.36. The smallest absolute Gasteiger partial charge is 0.348 e. The Hall–Kier alpha value is -2.22. The zero-order valence-corrected chi connectivity index (χ0v) is 21.3. The van der Waals surface area contributed by atoms with Crippen LogP contribution in [0.25, 0.3) is 0 Å². The van der Waals surface area contributed by atoms with Gasteiger partial charge in [-0.3, -0.25) is 4.79 Å². The van der Waals surface area contributed by atoms with Crippen molar-refractivity contribution in [3.8, 4) is 0 Å². The molecular weight excluding hydrogens is 450 g/mol. The van der Waals surface area contributed by atoms with E-state index in [1.807, 2.05) is 49.1 Å². The van der Waals surface area contributed by atoms with E-state index in [1.165, 1.54) is 11.3 Å². The zero-order chi connectivity index (χ0) is 24.5. The molecule has 7 heteroatoms. The number of carbonyl (C=O) groups excluding carboxylic acids is 2. The van der Waals surface area contributed by atoms with E-state index in [-0.39, 0.29) is 17.9 Å². The lowest BCUT2D eigenvalue weighted by atomic mass is 10.0. The first-order valence-corrected chi connectivity index (χ1v) is 13.1. The number of thiophene rings is 1. The Morgan fingerprint density at radius 3 is 2.65 bits per heavy atom. The summed E-state index contributed by atoms with van der Waals surface area (Å²) in [6.07, 6.45) is 4.80. The molecular formula is C27H37NO5S. The van der Waals surface area contributed by atoms with Gasteiger partial charge >= 0.3 is 5.97 Å². The molecule has 6 nitrogen and oxygen atoms in total. The Bertz CT molecular complexity index is 923. The van der Waals surface area contributed by atoms with Crippen LogP contribution in [0, 0.1) is 5.92 Å². The Kier molecular flexibility index (Phi) is 10.1. The second-order valence-corrected chi connectivity index (χ2v) is 10.5.